The first kappa shape index (κ1) is 95.7. The lowest BCUT2D eigenvalue weighted by atomic mass is 9.86. The quantitative estimate of drug-likeness (QED) is 0.0204. The van der Waals surface area contributed by atoms with Crippen molar-refractivity contribution < 1.29 is 92.6 Å². The van der Waals surface area contributed by atoms with Crippen LogP contribution in [0.1, 0.15) is 38.9 Å². The van der Waals surface area contributed by atoms with Gasteiger partial charge in [-0.1, -0.05) is 218 Å². The second-order valence-corrected chi connectivity index (χ2v) is 23.9. The maximum atomic E-state index is 12.3. The van der Waals surface area contributed by atoms with E-state index < -0.39 is 130 Å². The van der Waals surface area contributed by atoms with Gasteiger partial charge in [-0.05, 0) is 44.5 Å². The predicted octanol–water partition coefficient (Wildman–Crippen LogP) is 6.99. The van der Waals surface area contributed by atoms with Gasteiger partial charge in [-0.3, -0.25) is 0 Å². The fourth-order valence-electron chi connectivity index (χ4n) is 12.2. The van der Waals surface area contributed by atoms with E-state index in [1.54, 1.807) is 0 Å². The Labute approximate surface area is 666 Å². The van der Waals surface area contributed by atoms with Gasteiger partial charge in [0.25, 0.3) is 0 Å². The van der Waals surface area contributed by atoms with Gasteiger partial charge >= 0.3 is 0 Å². The summed E-state index contributed by atoms with van der Waals surface area (Å²) < 4.78 is 84.0. The Balaban J connectivity index is 0.00000401. The van der Waals surface area contributed by atoms with E-state index in [0.717, 1.165) is 38.9 Å². The molecule has 11 unspecified atom stereocenters. The lowest BCUT2D eigenvalue weighted by Gasteiger charge is -2.51. The number of hydrogen-bond donors (Lipinski definition) is 8. The Morgan fingerprint density at radius 1 is 0.311 bits per heavy atom. The van der Waals surface area contributed by atoms with Crippen molar-refractivity contribution in [2.45, 2.75) is 163 Å². The van der Waals surface area contributed by atoms with Crippen molar-refractivity contribution in [1.82, 2.24) is 5.32 Å². The predicted molar refractivity (Wildman–Crippen MR) is 436 cm³/mol. The lowest BCUT2D eigenvalue weighted by molar-refractivity contribution is -0.390. The SMILES string of the molecule is OCC1=CC(N[C@@H]2C(CO)O[C@@H](OC3[C@H](OCc4ccccc4)C(OCc4ccccc4)[C@H](OC4C(COCc5ccccc5)OC(OCc5ccccc5)[C@H](OCc5ccccc5)C4OCc4ccccc4)O[C@@H]3COCc3ccccc3)[C@H](O)C2O)C(O)[C@@H](O)C1O.S.S.S.S.S.S.S.S.S. The van der Waals surface area contributed by atoms with Gasteiger partial charge in [-0.25, -0.2) is 0 Å². The van der Waals surface area contributed by atoms with Gasteiger partial charge in [0.05, 0.1) is 84.8 Å². The molecule has 29 heteroatoms. The Kier molecular flexibility index (Phi) is 46.1. The lowest BCUT2D eigenvalue weighted by Crippen LogP contribution is -2.70. The van der Waals surface area contributed by atoms with E-state index in [-0.39, 0.29) is 186 Å². The first-order chi connectivity index (χ1) is 46.1. The Bertz CT molecular complexity index is 3340. The zero-order chi connectivity index (χ0) is 65.0. The van der Waals surface area contributed by atoms with Crippen LogP contribution in [0.15, 0.2) is 224 Å². The zero-order valence-corrected chi connectivity index (χ0v) is 65.6. The molecule has 0 aromatic heterocycles. The highest BCUT2D eigenvalue weighted by molar-refractivity contribution is 7.60. The molecular weight excluding hydrogens is 1500 g/mol. The molecule has 8 N–H and O–H groups in total. The average molecular weight is 1600 g/mol. The van der Waals surface area contributed by atoms with Crippen LogP contribution in [0.4, 0.5) is 0 Å². The molecule has 3 heterocycles. The van der Waals surface area contributed by atoms with Crippen LogP contribution in [0.5, 0.6) is 0 Å². The van der Waals surface area contributed by atoms with E-state index in [1.807, 2.05) is 212 Å². The van der Waals surface area contributed by atoms with Crippen LogP contribution in [0.25, 0.3) is 0 Å². The van der Waals surface area contributed by atoms with Crippen LogP contribution in [0, 0.1) is 0 Å². The van der Waals surface area contributed by atoms with Crippen LogP contribution >= 0.6 is 121 Å². The summed E-state index contributed by atoms with van der Waals surface area (Å²) in [4.78, 5) is 0. The van der Waals surface area contributed by atoms with Crippen molar-refractivity contribution >= 4 is 121 Å². The van der Waals surface area contributed by atoms with Crippen molar-refractivity contribution in [1.29, 1.82) is 0 Å². The summed E-state index contributed by atoms with van der Waals surface area (Å²) in [5.41, 5.74) is 6.04. The van der Waals surface area contributed by atoms with Gasteiger partial charge in [-0.2, -0.15) is 121 Å². The molecule has 0 amide bonds. The third kappa shape index (κ3) is 26.7. The van der Waals surface area contributed by atoms with Crippen LogP contribution in [0.3, 0.4) is 0 Å². The number of aliphatic hydroxyl groups is 7. The average Bonchev–Trinajstić information content (AvgIpc) is 0.765. The number of rotatable bonds is 31. The Morgan fingerprint density at radius 3 is 0.981 bits per heavy atom. The fourth-order valence-corrected chi connectivity index (χ4v) is 12.2. The van der Waals surface area contributed by atoms with E-state index in [0.29, 0.717) is 0 Å². The van der Waals surface area contributed by atoms with Gasteiger partial charge in [0.2, 0.25) is 0 Å². The molecule has 19 atom stereocenters. The van der Waals surface area contributed by atoms with Crippen LogP contribution in [-0.4, -0.2) is 179 Å². The number of hydrogen-bond acceptors (Lipinski definition) is 20. The van der Waals surface area contributed by atoms with Gasteiger partial charge in [0.1, 0.15) is 85.5 Å². The molecule has 4 aliphatic rings. The maximum Gasteiger partial charge on any atom is 0.187 e. The summed E-state index contributed by atoms with van der Waals surface area (Å²) >= 11 is 0. The van der Waals surface area contributed by atoms with E-state index in [1.165, 1.54) is 6.08 Å². The topological polar surface area (TPSA) is 264 Å². The number of benzene rings is 7. The second kappa shape index (κ2) is 49.6. The normalized spacial score (nSPS) is 27.7. The molecule has 7 aromatic rings. The summed E-state index contributed by atoms with van der Waals surface area (Å²) in [6.45, 7) is -0.818. The first-order valence-electron chi connectivity index (χ1n) is 32.0. The highest BCUT2D eigenvalue weighted by Crippen LogP contribution is 2.39. The molecule has 11 rings (SSSR count). The van der Waals surface area contributed by atoms with Crippen LogP contribution in [0.2, 0.25) is 0 Å². The monoisotopic (exact) mass is 1600 g/mol. The Hall–Kier alpha value is -3.37. The molecule has 1 aliphatic carbocycles. The van der Waals surface area contributed by atoms with Gasteiger partial charge in [-0.15, -0.1) is 0 Å². The highest BCUT2D eigenvalue weighted by Gasteiger charge is 2.57. The number of nitrogens with one attached hydrogen (secondary N) is 1. The Morgan fingerprint density at radius 2 is 0.621 bits per heavy atom. The first-order valence-corrected chi connectivity index (χ1v) is 32.0. The molecule has 7 aromatic carbocycles. The fraction of sp³-hybridized carbons (Fsp3) is 0.405. The van der Waals surface area contributed by atoms with E-state index in [4.69, 9.17) is 56.8 Å². The minimum Gasteiger partial charge on any atom is -0.394 e. The standard InChI is InChI=1S/C74H85NO19.9H2S/c76-37-55-36-56(62(79)64(81)61(55)78)75-60-57(38-77)90-72(65(82)63(60)80)93-66-59(47-84-40-49-24-10-2-11-25-49)92-74(71(88-44-53-32-18-6-19-33-53)69(66)86-42-51-28-14-4-15-29-51)94-67-58(46-83-39-48-22-8-1-9-23-48)91-73(89-45-54-34-20-7-21-35-54)70(87-43-52-30-16-5-17-31-52)68(67)85-41-50-26-12-3-13-27-50;;;;;;;;;/h1-36,56-82H,37-47H2;9*1H2/t56?,57?,58?,59-,60-,61?,62?,63?,64+,65-,66?,67?,68?,69+,70-,71?,72+,73?,74+;;;;;;;;;/m1........./s1. The third-order valence-corrected chi connectivity index (χ3v) is 17.2. The second-order valence-electron chi connectivity index (χ2n) is 23.9. The van der Waals surface area contributed by atoms with Crippen molar-refractivity contribution in [3.63, 3.8) is 0 Å². The molecule has 0 spiro atoms. The molecule has 0 saturated carbocycles. The van der Waals surface area contributed by atoms with Crippen molar-refractivity contribution in [3.05, 3.63) is 263 Å². The van der Waals surface area contributed by atoms with E-state index in [9.17, 15) is 35.7 Å². The third-order valence-electron chi connectivity index (χ3n) is 17.2. The van der Waals surface area contributed by atoms with Crippen molar-refractivity contribution in [3.8, 4) is 0 Å². The summed E-state index contributed by atoms with van der Waals surface area (Å²) in [7, 11) is 0. The van der Waals surface area contributed by atoms with Crippen LogP contribution in [-0.2, 0) is 103 Å². The van der Waals surface area contributed by atoms with Crippen molar-refractivity contribution in [2.75, 3.05) is 26.4 Å². The molecule has 3 aliphatic heterocycles. The molecule has 572 valence electrons. The molecular formula is C74H103NO19S9. The summed E-state index contributed by atoms with van der Waals surface area (Å²) in [6.07, 6.45) is -21.6. The smallest absolute Gasteiger partial charge is 0.187 e. The van der Waals surface area contributed by atoms with E-state index in [2.05, 4.69) is 5.32 Å². The number of aliphatic hydroxyl groups excluding tert-OH is 7. The highest BCUT2D eigenvalue weighted by atomic mass is 32.1. The molecule has 3 fully saturated rings. The number of ether oxygens (including phenoxy) is 12. The van der Waals surface area contributed by atoms with Crippen molar-refractivity contribution in [2.24, 2.45) is 0 Å². The molecule has 103 heavy (non-hydrogen) atoms. The van der Waals surface area contributed by atoms with Crippen LogP contribution < -0.4 is 5.32 Å². The molecule has 20 nitrogen and oxygen atoms in total. The summed E-state index contributed by atoms with van der Waals surface area (Å²) in [6, 6.07) is 65.2. The minimum atomic E-state index is -1.86. The maximum absolute atomic E-state index is 12.3. The van der Waals surface area contributed by atoms with Gasteiger partial charge in [0, 0.05) is 0 Å². The largest absolute Gasteiger partial charge is 0.394 e. The molecule has 0 bridgehead atoms. The van der Waals surface area contributed by atoms with Gasteiger partial charge < -0.3 is 97.9 Å². The van der Waals surface area contributed by atoms with E-state index >= 15 is 0 Å². The minimum absolute atomic E-state index is 0. The summed E-state index contributed by atoms with van der Waals surface area (Å²) in [5.74, 6) is 0. The van der Waals surface area contributed by atoms with Gasteiger partial charge in [0.15, 0.2) is 18.9 Å². The molecule has 3 saturated heterocycles. The molecule has 0 radical (unpaired) electrons. The summed E-state index contributed by atoms with van der Waals surface area (Å²) in [5, 5.41) is 80.8. The zero-order valence-electron chi connectivity index (χ0n) is 56.6.